The molecule has 0 atom stereocenters. The fourth-order valence-electron chi connectivity index (χ4n) is 0.978. The van der Waals surface area contributed by atoms with Crippen LogP contribution in [-0.4, -0.2) is 12.9 Å². The minimum atomic E-state index is 0.685. The number of nitrogens with one attached hydrogen (secondary N) is 1. The second kappa shape index (κ2) is 2.14. The standard InChI is InChI=1S/C8H7N2/c1-2-4-8-7(3-1)5-9-6-10-8/h1-2,4-5,10H,6H2. The van der Waals surface area contributed by atoms with E-state index in [0.717, 1.165) is 11.3 Å². The van der Waals surface area contributed by atoms with Gasteiger partial charge in [0.25, 0.3) is 0 Å². The van der Waals surface area contributed by atoms with Gasteiger partial charge in [0.15, 0.2) is 0 Å². The lowest BCUT2D eigenvalue weighted by Gasteiger charge is -2.10. The molecule has 1 aromatic rings. The highest BCUT2D eigenvalue weighted by atomic mass is 15.0. The number of aliphatic imine (C=N–C) groups is 1. The highest BCUT2D eigenvalue weighted by Crippen LogP contribution is 2.13. The lowest BCUT2D eigenvalue weighted by atomic mass is 10.2. The van der Waals surface area contributed by atoms with Gasteiger partial charge in [0.2, 0.25) is 0 Å². The summed E-state index contributed by atoms with van der Waals surface area (Å²) in [4.78, 5) is 4.05. The molecule has 1 aliphatic heterocycles. The summed E-state index contributed by atoms with van der Waals surface area (Å²) in [5, 5.41) is 3.13. The molecule has 2 heteroatoms. The average molecular weight is 131 g/mol. The van der Waals surface area contributed by atoms with Crippen LogP contribution in [0.3, 0.4) is 0 Å². The van der Waals surface area contributed by atoms with Gasteiger partial charge in [0.05, 0.1) is 0 Å². The van der Waals surface area contributed by atoms with Gasteiger partial charge in [-0.05, 0) is 12.1 Å². The molecule has 0 amide bonds. The maximum atomic E-state index is 4.05. The van der Waals surface area contributed by atoms with E-state index in [1.54, 1.807) is 0 Å². The Morgan fingerprint density at radius 1 is 1.60 bits per heavy atom. The number of nitrogens with zero attached hydrogens (tertiary/aromatic N) is 1. The molecule has 1 heterocycles. The molecule has 0 saturated heterocycles. The Morgan fingerprint density at radius 2 is 2.60 bits per heavy atom. The monoisotopic (exact) mass is 131 g/mol. The summed E-state index contributed by atoms with van der Waals surface area (Å²) < 4.78 is 0. The van der Waals surface area contributed by atoms with E-state index in [1.165, 1.54) is 0 Å². The average Bonchev–Trinajstić information content (AvgIpc) is 2.05. The molecule has 10 heavy (non-hydrogen) atoms. The minimum Gasteiger partial charge on any atom is -0.366 e. The Morgan fingerprint density at radius 3 is 3.50 bits per heavy atom. The molecule has 0 saturated carbocycles. The smallest absolute Gasteiger partial charge is 0.107 e. The normalized spacial score (nSPS) is 14.0. The molecule has 0 bridgehead atoms. The molecule has 0 unspecified atom stereocenters. The SMILES string of the molecule is [c]1cccc2c1C=NCN2. The van der Waals surface area contributed by atoms with E-state index in [4.69, 9.17) is 0 Å². The van der Waals surface area contributed by atoms with Crippen LogP contribution in [0.1, 0.15) is 5.56 Å². The van der Waals surface area contributed by atoms with E-state index < -0.39 is 0 Å². The van der Waals surface area contributed by atoms with E-state index in [1.807, 2.05) is 24.4 Å². The molecule has 0 spiro atoms. The van der Waals surface area contributed by atoms with Crippen molar-refractivity contribution in [2.45, 2.75) is 0 Å². The Kier molecular flexibility index (Phi) is 1.17. The maximum Gasteiger partial charge on any atom is 0.107 e. The molecular weight excluding hydrogens is 124 g/mol. The van der Waals surface area contributed by atoms with Crippen molar-refractivity contribution in [3.63, 3.8) is 0 Å². The van der Waals surface area contributed by atoms with E-state index in [0.29, 0.717) is 6.67 Å². The molecule has 2 nitrogen and oxygen atoms in total. The van der Waals surface area contributed by atoms with Crippen molar-refractivity contribution in [1.29, 1.82) is 0 Å². The van der Waals surface area contributed by atoms with Crippen molar-refractivity contribution in [2.24, 2.45) is 4.99 Å². The van der Waals surface area contributed by atoms with Crippen LogP contribution >= 0.6 is 0 Å². The van der Waals surface area contributed by atoms with Crippen LogP contribution in [-0.2, 0) is 0 Å². The van der Waals surface area contributed by atoms with Crippen molar-refractivity contribution >= 4 is 11.9 Å². The zero-order valence-electron chi connectivity index (χ0n) is 5.46. The summed E-state index contributed by atoms with van der Waals surface area (Å²) >= 11 is 0. The highest BCUT2D eigenvalue weighted by molar-refractivity contribution is 5.88. The first-order valence-electron chi connectivity index (χ1n) is 3.21. The molecule has 1 aliphatic rings. The Bertz CT molecular complexity index is 266. The number of hydrogen-bond donors (Lipinski definition) is 1. The third kappa shape index (κ3) is 0.778. The fraction of sp³-hybridized carbons (Fsp3) is 0.125. The summed E-state index contributed by atoms with van der Waals surface area (Å²) in [6.45, 7) is 0.685. The van der Waals surface area contributed by atoms with Gasteiger partial charge in [-0.2, -0.15) is 0 Å². The van der Waals surface area contributed by atoms with Crippen molar-refractivity contribution in [3.8, 4) is 0 Å². The quantitative estimate of drug-likeness (QED) is 0.563. The first-order valence-corrected chi connectivity index (χ1v) is 3.21. The van der Waals surface area contributed by atoms with E-state index in [2.05, 4.69) is 16.4 Å². The van der Waals surface area contributed by atoms with Gasteiger partial charge < -0.3 is 5.32 Å². The highest BCUT2D eigenvalue weighted by Gasteiger charge is 2.00. The van der Waals surface area contributed by atoms with E-state index >= 15 is 0 Å². The zero-order valence-corrected chi connectivity index (χ0v) is 5.46. The second-order valence-corrected chi connectivity index (χ2v) is 2.14. The van der Waals surface area contributed by atoms with E-state index in [9.17, 15) is 0 Å². The van der Waals surface area contributed by atoms with Gasteiger partial charge in [-0.15, -0.1) is 0 Å². The molecule has 1 radical (unpaired) electrons. The zero-order chi connectivity index (χ0) is 6.81. The van der Waals surface area contributed by atoms with Crippen molar-refractivity contribution < 1.29 is 0 Å². The predicted molar refractivity (Wildman–Crippen MR) is 41.4 cm³/mol. The van der Waals surface area contributed by atoms with Crippen LogP contribution in [0.25, 0.3) is 0 Å². The third-order valence-corrected chi connectivity index (χ3v) is 1.47. The lowest BCUT2D eigenvalue weighted by molar-refractivity contribution is 1.13. The van der Waals surface area contributed by atoms with Gasteiger partial charge >= 0.3 is 0 Å². The molecule has 1 aromatic carbocycles. The Hall–Kier alpha value is -1.31. The number of fused-ring (bicyclic) bond motifs is 1. The fourth-order valence-corrected chi connectivity index (χ4v) is 0.978. The summed E-state index contributed by atoms with van der Waals surface area (Å²) in [7, 11) is 0. The van der Waals surface area contributed by atoms with Gasteiger partial charge in [-0.3, -0.25) is 4.99 Å². The number of benzene rings is 1. The summed E-state index contributed by atoms with van der Waals surface area (Å²) in [5.74, 6) is 0. The molecule has 49 valence electrons. The second-order valence-electron chi connectivity index (χ2n) is 2.14. The first-order chi connectivity index (χ1) is 4.97. The van der Waals surface area contributed by atoms with Crippen LogP contribution in [0, 0.1) is 6.07 Å². The van der Waals surface area contributed by atoms with Gasteiger partial charge in [0, 0.05) is 17.5 Å². The predicted octanol–water partition coefficient (Wildman–Crippen LogP) is 1.29. The maximum absolute atomic E-state index is 4.05. The Labute approximate surface area is 59.6 Å². The van der Waals surface area contributed by atoms with Gasteiger partial charge in [-0.1, -0.05) is 12.1 Å². The van der Waals surface area contributed by atoms with Crippen molar-refractivity contribution in [2.75, 3.05) is 12.0 Å². The largest absolute Gasteiger partial charge is 0.366 e. The molecule has 1 N–H and O–H groups in total. The minimum absolute atomic E-state index is 0.685. The molecule has 2 rings (SSSR count). The lowest BCUT2D eigenvalue weighted by Crippen LogP contribution is -2.06. The van der Waals surface area contributed by atoms with E-state index in [-0.39, 0.29) is 0 Å². The number of anilines is 1. The summed E-state index contributed by atoms with van der Waals surface area (Å²) in [6, 6.07) is 8.95. The van der Waals surface area contributed by atoms with Crippen molar-refractivity contribution in [3.05, 3.63) is 29.8 Å². The van der Waals surface area contributed by atoms with Crippen LogP contribution in [0.4, 0.5) is 5.69 Å². The van der Waals surface area contributed by atoms with Crippen LogP contribution < -0.4 is 5.32 Å². The summed E-state index contributed by atoms with van der Waals surface area (Å²) in [5.41, 5.74) is 2.17. The number of hydrogen-bond acceptors (Lipinski definition) is 2. The third-order valence-electron chi connectivity index (χ3n) is 1.47. The van der Waals surface area contributed by atoms with Crippen LogP contribution in [0.5, 0.6) is 0 Å². The number of rotatable bonds is 0. The van der Waals surface area contributed by atoms with Gasteiger partial charge in [0.1, 0.15) is 6.67 Å². The van der Waals surface area contributed by atoms with Gasteiger partial charge in [-0.25, -0.2) is 0 Å². The Balaban J connectivity index is 2.54. The van der Waals surface area contributed by atoms with Crippen LogP contribution in [0.2, 0.25) is 0 Å². The first kappa shape index (κ1) is 5.47. The molecule has 0 fully saturated rings. The topological polar surface area (TPSA) is 24.4 Å². The molecule has 0 aromatic heterocycles. The molecular formula is C8H7N2. The van der Waals surface area contributed by atoms with Crippen molar-refractivity contribution in [1.82, 2.24) is 0 Å². The summed E-state index contributed by atoms with van der Waals surface area (Å²) in [6.07, 6.45) is 1.84. The van der Waals surface area contributed by atoms with Crippen LogP contribution in [0.15, 0.2) is 23.2 Å². The molecule has 0 aliphatic carbocycles.